The molecular formula is C24H30N2O3. The number of hydrogen-bond acceptors (Lipinski definition) is 4. The van der Waals surface area contributed by atoms with Crippen molar-refractivity contribution >= 4 is 5.91 Å². The van der Waals surface area contributed by atoms with E-state index in [1.54, 1.807) is 6.07 Å². The highest BCUT2D eigenvalue weighted by molar-refractivity contribution is 5.94. The van der Waals surface area contributed by atoms with E-state index in [4.69, 9.17) is 4.74 Å². The van der Waals surface area contributed by atoms with Crippen LogP contribution in [0.4, 0.5) is 0 Å². The summed E-state index contributed by atoms with van der Waals surface area (Å²) in [7, 11) is 0. The van der Waals surface area contributed by atoms with Crippen LogP contribution in [0.5, 0.6) is 11.5 Å². The van der Waals surface area contributed by atoms with Crippen LogP contribution in [0.25, 0.3) is 0 Å². The number of phenols is 1. The lowest BCUT2D eigenvalue weighted by Gasteiger charge is -2.32. The molecule has 0 spiro atoms. The summed E-state index contributed by atoms with van der Waals surface area (Å²) in [6.45, 7) is 4.56. The van der Waals surface area contributed by atoms with Gasteiger partial charge in [-0.25, -0.2) is 0 Å². The Morgan fingerprint density at radius 2 is 1.69 bits per heavy atom. The van der Waals surface area contributed by atoms with Crippen LogP contribution in [-0.4, -0.2) is 53.1 Å². The van der Waals surface area contributed by atoms with Crippen LogP contribution >= 0.6 is 0 Å². The molecule has 0 radical (unpaired) electrons. The molecule has 29 heavy (non-hydrogen) atoms. The Bertz CT molecular complexity index is 807. The normalized spacial score (nSPS) is 18.6. The molecule has 0 saturated carbocycles. The highest BCUT2D eigenvalue weighted by atomic mass is 16.5. The number of carbonyl (C=O) groups excluding carboxylic acids is 1. The molecule has 0 aliphatic carbocycles. The van der Waals surface area contributed by atoms with E-state index in [-0.39, 0.29) is 12.0 Å². The molecule has 0 unspecified atom stereocenters. The van der Waals surface area contributed by atoms with Crippen molar-refractivity contribution in [1.29, 1.82) is 0 Å². The van der Waals surface area contributed by atoms with Crippen LogP contribution < -0.4 is 4.74 Å². The average molecular weight is 395 g/mol. The number of hydrogen-bond donors (Lipinski definition) is 1. The van der Waals surface area contributed by atoms with Gasteiger partial charge in [-0.2, -0.15) is 0 Å². The van der Waals surface area contributed by atoms with Crippen LogP contribution in [-0.2, 0) is 6.54 Å². The summed E-state index contributed by atoms with van der Waals surface area (Å²) in [5.41, 5.74) is 1.89. The molecule has 0 aromatic heterocycles. The maximum atomic E-state index is 12.6. The third-order valence-electron chi connectivity index (χ3n) is 5.90. The van der Waals surface area contributed by atoms with Crippen LogP contribution in [0.1, 0.15) is 48.0 Å². The third-order valence-corrected chi connectivity index (χ3v) is 5.90. The number of amides is 1. The van der Waals surface area contributed by atoms with Gasteiger partial charge in [0.25, 0.3) is 5.91 Å². The molecule has 2 aliphatic heterocycles. The Labute approximate surface area is 172 Å². The first-order valence-electron chi connectivity index (χ1n) is 10.7. The number of carbonyl (C=O) groups is 1. The predicted octanol–water partition coefficient (Wildman–Crippen LogP) is 4.06. The average Bonchev–Trinajstić information content (AvgIpc) is 2.76. The summed E-state index contributed by atoms with van der Waals surface area (Å²) in [6.07, 6.45) is 5.61. The highest BCUT2D eigenvalue weighted by Gasteiger charge is 2.21. The van der Waals surface area contributed by atoms with Crippen LogP contribution in [0.15, 0.2) is 48.5 Å². The van der Waals surface area contributed by atoms with Gasteiger partial charge in [-0.1, -0.05) is 12.1 Å². The summed E-state index contributed by atoms with van der Waals surface area (Å²) in [5.74, 6) is 1.30. The van der Waals surface area contributed by atoms with E-state index >= 15 is 0 Å². The van der Waals surface area contributed by atoms with Gasteiger partial charge in [0.1, 0.15) is 17.6 Å². The standard InChI is InChI=1S/C24H30N2O3/c27-21-6-4-5-19(17-21)18-25-15-11-23(12-16-25)29-22-9-7-20(8-10-22)24(28)26-13-2-1-3-14-26/h4-10,17,23,27H,1-3,11-16,18H2. The Kier molecular flexibility index (Phi) is 6.35. The van der Waals surface area contributed by atoms with Crippen molar-refractivity contribution in [2.75, 3.05) is 26.2 Å². The SMILES string of the molecule is O=C(c1ccc(OC2CCN(Cc3cccc(O)c3)CC2)cc1)N1CCCCC1. The molecule has 5 heteroatoms. The molecule has 2 aliphatic rings. The van der Waals surface area contributed by atoms with E-state index in [0.29, 0.717) is 5.75 Å². The number of ether oxygens (including phenoxy) is 1. The molecule has 2 heterocycles. The van der Waals surface area contributed by atoms with Crippen molar-refractivity contribution in [2.45, 2.75) is 44.8 Å². The number of rotatable bonds is 5. The van der Waals surface area contributed by atoms with Gasteiger partial charge >= 0.3 is 0 Å². The fourth-order valence-electron chi connectivity index (χ4n) is 4.25. The smallest absolute Gasteiger partial charge is 0.253 e. The fraction of sp³-hybridized carbons (Fsp3) is 0.458. The van der Waals surface area contributed by atoms with Gasteiger partial charge in [-0.05, 0) is 74.1 Å². The summed E-state index contributed by atoms with van der Waals surface area (Å²) < 4.78 is 6.16. The Hall–Kier alpha value is -2.53. The van der Waals surface area contributed by atoms with Crippen molar-refractivity contribution in [2.24, 2.45) is 0 Å². The number of phenolic OH excluding ortho intramolecular Hbond substituents is 1. The number of piperidine rings is 2. The topological polar surface area (TPSA) is 53.0 Å². The van der Waals surface area contributed by atoms with Crippen LogP contribution in [0.3, 0.4) is 0 Å². The molecule has 2 aromatic carbocycles. The maximum Gasteiger partial charge on any atom is 0.253 e. The lowest BCUT2D eigenvalue weighted by molar-refractivity contribution is 0.0724. The van der Waals surface area contributed by atoms with Crippen LogP contribution in [0, 0.1) is 0 Å². The summed E-state index contributed by atoms with van der Waals surface area (Å²) in [6, 6.07) is 15.1. The second kappa shape index (κ2) is 9.31. The minimum Gasteiger partial charge on any atom is -0.508 e. The fourth-order valence-corrected chi connectivity index (χ4v) is 4.25. The summed E-state index contributed by atoms with van der Waals surface area (Å²) in [4.78, 5) is 16.9. The Morgan fingerprint density at radius 3 is 2.38 bits per heavy atom. The zero-order valence-corrected chi connectivity index (χ0v) is 16.9. The lowest BCUT2D eigenvalue weighted by Crippen LogP contribution is -2.37. The number of benzene rings is 2. The van der Waals surface area contributed by atoms with E-state index in [0.717, 1.165) is 75.3 Å². The molecule has 1 amide bonds. The molecule has 1 N–H and O–H groups in total. The predicted molar refractivity (Wildman–Crippen MR) is 113 cm³/mol. The molecule has 5 nitrogen and oxygen atoms in total. The number of likely N-dealkylation sites (tertiary alicyclic amines) is 2. The van der Waals surface area contributed by atoms with Gasteiger partial charge in [0.05, 0.1) is 0 Å². The van der Waals surface area contributed by atoms with Crippen molar-refractivity contribution < 1.29 is 14.6 Å². The number of nitrogens with zero attached hydrogens (tertiary/aromatic N) is 2. The molecule has 154 valence electrons. The van der Waals surface area contributed by atoms with Crippen molar-refractivity contribution in [3.63, 3.8) is 0 Å². The molecular weight excluding hydrogens is 364 g/mol. The van der Waals surface area contributed by atoms with Crippen molar-refractivity contribution in [3.8, 4) is 11.5 Å². The number of aromatic hydroxyl groups is 1. The van der Waals surface area contributed by atoms with Crippen LogP contribution in [0.2, 0.25) is 0 Å². The van der Waals surface area contributed by atoms with E-state index in [2.05, 4.69) is 11.0 Å². The molecule has 2 fully saturated rings. The molecule has 0 bridgehead atoms. The summed E-state index contributed by atoms with van der Waals surface area (Å²) >= 11 is 0. The highest BCUT2D eigenvalue weighted by Crippen LogP contribution is 2.22. The van der Waals surface area contributed by atoms with E-state index < -0.39 is 0 Å². The quantitative estimate of drug-likeness (QED) is 0.831. The first-order chi connectivity index (χ1) is 14.2. The van der Waals surface area contributed by atoms with Gasteiger partial charge in [0.15, 0.2) is 0 Å². The van der Waals surface area contributed by atoms with E-state index in [1.165, 1.54) is 6.42 Å². The van der Waals surface area contributed by atoms with Gasteiger partial charge in [-0.15, -0.1) is 0 Å². The lowest BCUT2D eigenvalue weighted by atomic mass is 10.1. The zero-order valence-electron chi connectivity index (χ0n) is 16.9. The monoisotopic (exact) mass is 394 g/mol. The van der Waals surface area contributed by atoms with E-state index in [9.17, 15) is 9.90 Å². The summed E-state index contributed by atoms with van der Waals surface area (Å²) in [5, 5.41) is 9.61. The van der Waals surface area contributed by atoms with Gasteiger partial charge in [0.2, 0.25) is 0 Å². The van der Waals surface area contributed by atoms with Gasteiger partial charge in [0, 0.05) is 38.3 Å². The molecule has 2 aromatic rings. The second-order valence-corrected chi connectivity index (χ2v) is 8.14. The second-order valence-electron chi connectivity index (χ2n) is 8.14. The van der Waals surface area contributed by atoms with Crippen molar-refractivity contribution in [3.05, 3.63) is 59.7 Å². The zero-order chi connectivity index (χ0) is 20.1. The van der Waals surface area contributed by atoms with Crippen molar-refractivity contribution in [1.82, 2.24) is 9.80 Å². The maximum absolute atomic E-state index is 12.6. The molecule has 2 saturated heterocycles. The first-order valence-corrected chi connectivity index (χ1v) is 10.7. The van der Waals surface area contributed by atoms with Gasteiger partial charge < -0.3 is 14.7 Å². The Balaban J connectivity index is 1.25. The minimum atomic E-state index is 0.136. The Morgan fingerprint density at radius 1 is 0.966 bits per heavy atom. The van der Waals surface area contributed by atoms with E-state index in [1.807, 2.05) is 41.3 Å². The minimum absolute atomic E-state index is 0.136. The third kappa shape index (κ3) is 5.30. The molecule has 0 atom stereocenters. The molecule has 4 rings (SSSR count). The van der Waals surface area contributed by atoms with Gasteiger partial charge in [-0.3, -0.25) is 9.69 Å². The largest absolute Gasteiger partial charge is 0.508 e. The first kappa shape index (κ1) is 19.8.